The van der Waals surface area contributed by atoms with Gasteiger partial charge in [0.05, 0.1) is 12.1 Å². The van der Waals surface area contributed by atoms with Gasteiger partial charge in [0.25, 0.3) is 0 Å². The number of nitrogens with zero attached hydrogens (tertiary/aromatic N) is 3. The Morgan fingerprint density at radius 1 is 1.21 bits per heavy atom. The number of fused-ring (bicyclic) bond motifs is 1. The summed E-state index contributed by atoms with van der Waals surface area (Å²) >= 11 is 0. The molecule has 6 heteroatoms. The third kappa shape index (κ3) is 4.49. The van der Waals surface area contributed by atoms with Crippen LogP contribution in [0.4, 0.5) is 0 Å². The largest absolute Gasteiger partial charge is 0.486 e. The first-order valence-electron chi connectivity index (χ1n) is 10.1. The predicted octanol–water partition coefficient (Wildman–Crippen LogP) is 3.52. The molecule has 0 bridgehead atoms. The van der Waals surface area contributed by atoms with E-state index in [4.69, 9.17) is 9.47 Å². The molecule has 0 radical (unpaired) electrons. The Morgan fingerprint density at radius 2 is 1.93 bits per heavy atom. The highest BCUT2D eigenvalue weighted by atomic mass is 16.6. The van der Waals surface area contributed by atoms with Crippen molar-refractivity contribution in [3.8, 4) is 11.5 Å². The van der Waals surface area contributed by atoms with Crippen LogP contribution in [-0.4, -0.2) is 40.3 Å². The summed E-state index contributed by atoms with van der Waals surface area (Å²) in [4.78, 5) is 14.9. The molecule has 1 amide bonds. The molecule has 0 saturated carbocycles. The van der Waals surface area contributed by atoms with Crippen LogP contribution in [0.5, 0.6) is 11.5 Å². The zero-order chi connectivity index (χ0) is 20.3. The van der Waals surface area contributed by atoms with Crippen LogP contribution in [0.2, 0.25) is 0 Å². The highest BCUT2D eigenvalue weighted by Crippen LogP contribution is 2.31. The molecule has 0 N–H and O–H groups in total. The molecule has 1 aliphatic rings. The topological polar surface area (TPSA) is 56.6 Å². The van der Waals surface area contributed by atoms with Crippen molar-refractivity contribution in [2.45, 2.75) is 54.1 Å². The first-order valence-corrected chi connectivity index (χ1v) is 10.1. The Balaban J connectivity index is 1.71. The Bertz CT molecular complexity index is 842. The third-order valence-corrected chi connectivity index (χ3v) is 5.11. The van der Waals surface area contributed by atoms with E-state index in [0.717, 1.165) is 40.6 Å². The SMILES string of the molecule is CCN(Cc1ccc2c(c1)OCCO2)C(=O)Cc1c(C)nn(CC(C)C)c1C. The van der Waals surface area contributed by atoms with Crippen molar-refractivity contribution in [2.75, 3.05) is 19.8 Å². The van der Waals surface area contributed by atoms with Crippen LogP contribution < -0.4 is 9.47 Å². The van der Waals surface area contributed by atoms with Gasteiger partial charge in [-0.15, -0.1) is 0 Å². The normalized spacial score (nSPS) is 13.1. The number of likely N-dealkylation sites (N-methyl/N-ethyl adjacent to an activating group) is 1. The lowest BCUT2D eigenvalue weighted by molar-refractivity contribution is -0.130. The van der Waals surface area contributed by atoms with E-state index in [-0.39, 0.29) is 5.91 Å². The fourth-order valence-corrected chi connectivity index (χ4v) is 3.56. The lowest BCUT2D eigenvalue weighted by Gasteiger charge is -2.23. The van der Waals surface area contributed by atoms with Crippen molar-refractivity contribution in [3.05, 3.63) is 40.7 Å². The summed E-state index contributed by atoms with van der Waals surface area (Å²) in [7, 11) is 0. The molecule has 6 nitrogen and oxygen atoms in total. The molecular formula is C22H31N3O3. The van der Waals surface area contributed by atoms with E-state index in [2.05, 4.69) is 25.9 Å². The molecule has 0 saturated heterocycles. The van der Waals surface area contributed by atoms with Gasteiger partial charge in [-0.25, -0.2) is 0 Å². The van der Waals surface area contributed by atoms with Crippen molar-refractivity contribution in [1.29, 1.82) is 0 Å². The Morgan fingerprint density at radius 3 is 2.61 bits per heavy atom. The average Bonchev–Trinajstić information content (AvgIpc) is 2.92. The van der Waals surface area contributed by atoms with Gasteiger partial charge in [-0.1, -0.05) is 19.9 Å². The van der Waals surface area contributed by atoms with E-state index >= 15 is 0 Å². The van der Waals surface area contributed by atoms with E-state index in [9.17, 15) is 4.79 Å². The fourth-order valence-electron chi connectivity index (χ4n) is 3.56. The Kier molecular flexibility index (Phi) is 6.27. The van der Waals surface area contributed by atoms with Gasteiger partial charge in [0.1, 0.15) is 13.2 Å². The molecule has 0 spiro atoms. The fraction of sp³-hybridized carbons (Fsp3) is 0.545. The van der Waals surface area contributed by atoms with E-state index in [1.54, 1.807) is 0 Å². The summed E-state index contributed by atoms with van der Waals surface area (Å²) in [5.74, 6) is 2.17. The summed E-state index contributed by atoms with van der Waals surface area (Å²) < 4.78 is 13.3. The first kappa shape index (κ1) is 20.2. The molecule has 0 fully saturated rings. The van der Waals surface area contributed by atoms with Crippen LogP contribution >= 0.6 is 0 Å². The number of hydrogen-bond donors (Lipinski definition) is 0. The average molecular weight is 386 g/mol. The zero-order valence-corrected chi connectivity index (χ0v) is 17.6. The van der Waals surface area contributed by atoms with E-state index in [1.807, 2.05) is 41.6 Å². The Hall–Kier alpha value is -2.50. The van der Waals surface area contributed by atoms with Crippen LogP contribution in [0.1, 0.15) is 43.3 Å². The quantitative estimate of drug-likeness (QED) is 0.732. The monoisotopic (exact) mass is 385 g/mol. The maximum atomic E-state index is 13.0. The maximum Gasteiger partial charge on any atom is 0.227 e. The Labute approximate surface area is 167 Å². The van der Waals surface area contributed by atoms with Gasteiger partial charge in [0.2, 0.25) is 5.91 Å². The summed E-state index contributed by atoms with van der Waals surface area (Å²) in [6.07, 6.45) is 0.383. The van der Waals surface area contributed by atoms with Gasteiger partial charge >= 0.3 is 0 Å². The highest BCUT2D eigenvalue weighted by Gasteiger charge is 2.20. The second-order valence-corrected chi connectivity index (χ2v) is 7.79. The number of aromatic nitrogens is 2. The minimum atomic E-state index is 0.118. The number of amides is 1. The van der Waals surface area contributed by atoms with Crippen molar-refractivity contribution >= 4 is 5.91 Å². The molecule has 1 aromatic heterocycles. The molecule has 3 rings (SSSR count). The van der Waals surface area contributed by atoms with E-state index in [1.165, 1.54) is 0 Å². The van der Waals surface area contributed by atoms with Gasteiger partial charge in [0, 0.05) is 30.9 Å². The standard InChI is InChI=1S/C22H31N3O3/c1-6-24(14-18-7-8-20-21(11-18)28-10-9-27-20)22(26)12-19-16(4)23-25(17(19)5)13-15(2)3/h7-8,11,15H,6,9-10,12-14H2,1-5H3. The minimum absolute atomic E-state index is 0.118. The van der Waals surface area contributed by atoms with E-state index < -0.39 is 0 Å². The van der Waals surface area contributed by atoms with Gasteiger partial charge in [-0.3, -0.25) is 9.48 Å². The molecule has 1 aromatic carbocycles. The molecule has 28 heavy (non-hydrogen) atoms. The number of rotatable bonds is 7. The number of ether oxygens (including phenoxy) is 2. The molecule has 0 aliphatic carbocycles. The minimum Gasteiger partial charge on any atom is -0.486 e. The van der Waals surface area contributed by atoms with Crippen LogP contribution in [0, 0.1) is 19.8 Å². The number of carbonyl (C=O) groups is 1. The van der Waals surface area contributed by atoms with Crippen molar-refractivity contribution in [2.24, 2.45) is 5.92 Å². The third-order valence-electron chi connectivity index (χ3n) is 5.11. The number of aryl methyl sites for hydroxylation is 1. The van der Waals surface area contributed by atoms with Crippen LogP contribution in [-0.2, 0) is 24.3 Å². The molecular weight excluding hydrogens is 354 g/mol. The van der Waals surface area contributed by atoms with Crippen LogP contribution in [0.25, 0.3) is 0 Å². The van der Waals surface area contributed by atoms with Crippen LogP contribution in [0.15, 0.2) is 18.2 Å². The number of benzene rings is 1. The number of carbonyl (C=O) groups excluding carboxylic acids is 1. The lowest BCUT2D eigenvalue weighted by Crippen LogP contribution is -2.32. The molecule has 2 heterocycles. The van der Waals surface area contributed by atoms with Crippen molar-refractivity contribution in [1.82, 2.24) is 14.7 Å². The summed E-state index contributed by atoms with van der Waals surface area (Å²) in [5.41, 5.74) is 4.13. The maximum absolute atomic E-state index is 13.0. The smallest absolute Gasteiger partial charge is 0.227 e. The lowest BCUT2D eigenvalue weighted by atomic mass is 10.1. The molecule has 0 unspecified atom stereocenters. The van der Waals surface area contributed by atoms with Gasteiger partial charge in [-0.05, 0) is 44.4 Å². The van der Waals surface area contributed by atoms with Gasteiger partial charge < -0.3 is 14.4 Å². The van der Waals surface area contributed by atoms with Gasteiger partial charge in [0.15, 0.2) is 11.5 Å². The zero-order valence-electron chi connectivity index (χ0n) is 17.6. The second kappa shape index (κ2) is 8.67. The number of hydrogen-bond acceptors (Lipinski definition) is 4. The predicted molar refractivity (Wildman–Crippen MR) is 109 cm³/mol. The summed E-state index contributed by atoms with van der Waals surface area (Å²) in [6.45, 7) is 13.6. The second-order valence-electron chi connectivity index (χ2n) is 7.79. The molecule has 0 atom stereocenters. The van der Waals surface area contributed by atoms with Crippen molar-refractivity contribution < 1.29 is 14.3 Å². The van der Waals surface area contributed by atoms with Gasteiger partial charge in [-0.2, -0.15) is 5.10 Å². The van der Waals surface area contributed by atoms with E-state index in [0.29, 0.717) is 38.6 Å². The molecule has 1 aliphatic heterocycles. The highest BCUT2D eigenvalue weighted by molar-refractivity contribution is 5.79. The first-order chi connectivity index (χ1) is 13.4. The van der Waals surface area contributed by atoms with Crippen LogP contribution in [0.3, 0.4) is 0 Å². The molecule has 152 valence electrons. The van der Waals surface area contributed by atoms with Crippen molar-refractivity contribution in [3.63, 3.8) is 0 Å². The summed E-state index contributed by atoms with van der Waals surface area (Å²) in [5, 5.41) is 4.64. The summed E-state index contributed by atoms with van der Waals surface area (Å²) in [6, 6.07) is 5.90. The molecule has 2 aromatic rings.